The number of rotatable bonds is 22. The van der Waals surface area contributed by atoms with Crippen molar-refractivity contribution in [1.29, 1.82) is 0 Å². The number of hydrogen-bond acceptors (Lipinski definition) is 11. The Morgan fingerprint density at radius 2 is 1.38 bits per heavy atom. The molecule has 0 aliphatic carbocycles. The number of carbonyl (C=O) groups excluding carboxylic acids is 1. The van der Waals surface area contributed by atoms with Gasteiger partial charge in [-0.2, -0.15) is 4.57 Å². The largest absolute Gasteiger partial charge is 0.480 e. The molecule has 5 N–H and O–H groups in total. The van der Waals surface area contributed by atoms with Gasteiger partial charge in [-0.25, -0.2) is 0 Å². The lowest BCUT2D eigenvalue weighted by atomic mass is 10.0. The maximum absolute atomic E-state index is 13.0. The molecule has 1 saturated heterocycles. The first-order chi connectivity index (χ1) is 33.2. The second kappa shape index (κ2) is 26.0. The van der Waals surface area contributed by atoms with E-state index in [1.54, 1.807) is 14.7 Å². The third kappa shape index (κ3) is 16.6. The summed E-state index contributed by atoms with van der Waals surface area (Å²) in [7, 11) is 6.70. The van der Waals surface area contributed by atoms with E-state index in [0.717, 1.165) is 55.4 Å². The molecule has 2 aliphatic rings. The summed E-state index contributed by atoms with van der Waals surface area (Å²) in [5, 5.41) is 44.5. The van der Waals surface area contributed by atoms with E-state index in [4.69, 9.17) is 0 Å². The highest BCUT2D eigenvalue weighted by atomic mass is 32.2. The number of aryl methyl sites for hydroxylation is 1. The molecule has 0 radical (unpaired) electrons. The molecule has 6 rings (SSSR count). The predicted octanol–water partition coefficient (Wildman–Crippen LogP) is 4.71. The molecular formula is C52H72N8O8S+2. The quantitative estimate of drug-likeness (QED) is 0.0415. The Morgan fingerprint density at radius 3 is 2.06 bits per heavy atom. The van der Waals surface area contributed by atoms with Crippen LogP contribution in [-0.4, -0.2) is 187 Å². The highest BCUT2D eigenvalue weighted by Gasteiger charge is 2.27. The standard InChI is InChI=1S/C52H70N8O8S/c1-54-46-14-8-9-15-47(46)69-49(54)35-41-21-23-59(45-13-7-6-12-44(41)45)22-11-32-60(2,3)31-10-4-5-16-48(62)53-42-19-17-40(18-20-42)34-43-36-57(39-52(67)68)27-26-55(37-50(63)64)24-25-56(38-51(65)66)28-29-58(43)30-33-61/h6-9,12-15,17-21,23,35,43,61H,4-5,10-11,16,22,24-34,36-39H2,1-3H3,(H2-2,53,62,63,64,65,66,67,68)/p+2. The van der Waals surface area contributed by atoms with Gasteiger partial charge in [0, 0.05) is 94.6 Å². The average Bonchev–Trinajstić information content (AvgIpc) is 3.62. The summed E-state index contributed by atoms with van der Waals surface area (Å²) in [5.41, 5.74) is 5.33. The zero-order valence-electron chi connectivity index (χ0n) is 40.5. The first-order valence-corrected chi connectivity index (χ1v) is 25.0. The predicted molar refractivity (Wildman–Crippen MR) is 271 cm³/mol. The minimum absolute atomic E-state index is 0.0392. The second-order valence-electron chi connectivity index (χ2n) is 19.0. The van der Waals surface area contributed by atoms with Crippen LogP contribution in [0.2, 0.25) is 0 Å². The van der Waals surface area contributed by atoms with Crippen LogP contribution < -0.4 is 14.8 Å². The highest BCUT2D eigenvalue weighted by molar-refractivity contribution is 8.03. The number of carboxylic acids is 3. The van der Waals surface area contributed by atoms with Crippen molar-refractivity contribution in [2.24, 2.45) is 0 Å². The zero-order chi connectivity index (χ0) is 49.3. The van der Waals surface area contributed by atoms with E-state index < -0.39 is 17.9 Å². The van der Waals surface area contributed by atoms with Crippen molar-refractivity contribution in [2.75, 3.05) is 123 Å². The van der Waals surface area contributed by atoms with Gasteiger partial charge in [-0.05, 0) is 73.2 Å². The van der Waals surface area contributed by atoms with Crippen LogP contribution in [0.25, 0.3) is 17.0 Å². The number of para-hydroxylation sites is 2. The number of aliphatic hydroxyl groups excluding tert-OH is 1. The number of amides is 1. The summed E-state index contributed by atoms with van der Waals surface area (Å²) in [5.74, 6) is -3.04. The normalized spacial score (nSPS) is 17.7. The fourth-order valence-electron chi connectivity index (χ4n) is 9.41. The topological polar surface area (TPSA) is 181 Å². The van der Waals surface area contributed by atoms with Gasteiger partial charge in [0.25, 0.3) is 0 Å². The van der Waals surface area contributed by atoms with E-state index in [1.807, 2.05) is 36.0 Å². The van der Waals surface area contributed by atoms with E-state index in [2.05, 4.69) is 108 Å². The van der Waals surface area contributed by atoms with Crippen molar-refractivity contribution in [3.8, 4) is 0 Å². The van der Waals surface area contributed by atoms with E-state index >= 15 is 0 Å². The number of carboxylic acid groups (broad SMARTS) is 3. The first kappa shape index (κ1) is 53.0. The molecule has 372 valence electrons. The SMILES string of the molecule is CN1/C(=C/c2cc[n+](CCC[N+](C)(C)CCCCCC(=O)Nc3ccc(CC4CN(CC(=O)O)CCN(CC(=O)O)CCN(CC(=O)O)CCN4CCO)cc3)c3ccccc23)Sc2ccccc21. The molecule has 1 atom stereocenters. The molecule has 0 spiro atoms. The molecule has 1 aromatic heterocycles. The van der Waals surface area contributed by atoms with E-state index in [9.17, 15) is 39.6 Å². The Bertz CT molecular complexity index is 2380. The Balaban J connectivity index is 0.961. The number of aliphatic carboxylic acids is 3. The van der Waals surface area contributed by atoms with Crippen molar-refractivity contribution >= 4 is 63.9 Å². The Hall–Kier alpha value is -5.40. The first-order valence-electron chi connectivity index (χ1n) is 24.2. The van der Waals surface area contributed by atoms with Gasteiger partial charge in [0.15, 0.2) is 12.7 Å². The molecule has 17 heteroatoms. The van der Waals surface area contributed by atoms with Crippen LogP contribution in [0.4, 0.5) is 11.4 Å². The summed E-state index contributed by atoms with van der Waals surface area (Å²) in [6.45, 7) is 4.83. The molecular weight excluding hydrogens is 897 g/mol. The number of unbranched alkanes of at least 4 members (excludes halogenated alkanes) is 2. The Morgan fingerprint density at radius 1 is 0.754 bits per heavy atom. The lowest BCUT2D eigenvalue weighted by Gasteiger charge is -2.38. The number of benzene rings is 3. The molecule has 4 aromatic rings. The molecule has 3 heterocycles. The van der Waals surface area contributed by atoms with Crippen molar-refractivity contribution in [3.05, 3.63) is 101 Å². The van der Waals surface area contributed by atoms with E-state index in [0.29, 0.717) is 70.9 Å². The number of pyridine rings is 1. The Kier molecular flexibility index (Phi) is 19.9. The number of nitrogens with zero attached hydrogens (tertiary/aromatic N) is 7. The molecule has 1 amide bonds. The van der Waals surface area contributed by atoms with Crippen LogP contribution in [0.3, 0.4) is 0 Å². The zero-order valence-corrected chi connectivity index (χ0v) is 41.4. The number of β-amino-alcohol motifs (C(OH)–C–C–N with tert-alkyl or cyclic N) is 1. The molecule has 0 saturated carbocycles. The summed E-state index contributed by atoms with van der Waals surface area (Å²) < 4.78 is 3.29. The summed E-state index contributed by atoms with van der Waals surface area (Å²) in [4.78, 5) is 59.2. The van der Waals surface area contributed by atoms with Crippen LogP contribution in [0.5, 0.6) is 0 Å². The van der Waals surface area contributed by atoms with Crippen LogP contribution in [0, 0.1) is 0 Å². The number of thioether (sulfide) groups is 1. The Labute approximate surface area is 411 Å². The van der Waals surface area contributed by atoms with Crippen molar-refractivity contribution in [1.82, 2.24) is 19.6 Å². The fraction of sp³-hybridized carbons (Fsp3) is 0.481. The molecule has 1 fully saturated rings. The van der Waals surface area contributed by atoms with Crippen LogP contribution in [0.1, 0.15) is 43.2 Å². The number of quaternary nitrogens is 1. The smallest absolute Gasteiger partial charge is 0.317 e. The van der Waals surface area contributed by atoms with Crippen molar-refractivity contribution < 1.29 is 48.7 Å². The van der Waals surface area contributed by atoms with Crippen LogP contribution in [-0.2, 0) is 32.1 Å². The van der Waals surface area contributed by atoms with Crippen LogP contribution >= 0.6 is 11.8 Å². The number of aromatic nitrogens is 1. The van der Waals surface area contributed by atoms with Crippen LogP contribution in [0.15, 0.2) is 95.0 Å². The van der Waals surface area contributed by atoms with Gasteiger partial charge in [0.2, 0.25) is 11.4 Å². The number of anilines is 2. The third-order valence-corrected chi connectivity index (χ3v) is 14.3. The van der Waals surface area contributed by atoms with Gasteiger partial charge in [-0.3, -0.25) is 38.8 Å². The maximum atomic E-state index is 13.0. The fourth-order valence-corrected chi connectivity index (χ4v) is 10.5. The number of fused-ring (bicyclic) bond motifs is 2. The average molecular weight is 969 g/mol. The lowest BCUT2D eigenvalue weighted by molar-refractivity contribution is -0.892. The molecule has 16 nitrogen and oxygen atoms in total. The van der Waals surface area contributed by atoms with Crippen molar-refractivity contribution in [3.63, 3.8) is 0 Å². The third-order valence-electron chi connectivity index (χ3n) is 13.2. The molecule has 2 aliphatic heterocycles. The van der Waals surface area contributed by atoms with Gasteiger partial charge in [-0.1, -0.05) is 48.2 Å². The summed E-state index contributed by atoms with van der Waals surface area (Å²) in [6, 6.07) is 26.8. The number of aliphatic hydroxyl groups is 1. The summed E-state index contributed by atoms with van der Waals surface area (Å²) >= 11 is 1.81. The minimum Gasteiger partial charge on any atom is -0.480 e. The van der Waals surface area contributed by atoms with Gasteiger partial charge in [0.1, 0.15) is 0 Å². The number of nitrogens with one attached hydrogen (secondary N) is 1. The number of hydrogen-bond donors (Lipinski definition) is 5. The minimum atomic E-state index is -1.01. The monoisotopic (exact) mass is 969 g/mol. The van der Waals surface area contributed by atoms with Gasteiger partial charge < -0.3 is 35.1 Å². The lowest BCUT2D eigenvalue weighted by Crippen LogP contribution is -2.53. The van der Waals surface area contributed by atoms with E-state index in [-0.39, 0.29) is 38.2 Å². The molecule has 3 aromatic carbocycles. The van der Waals surface area contributed by atoms with E-state index in [1.165, 1.54) is 32.1 Å². The summed E-state index contributed by atoms with van der Waals surface area (Å²) in [6.07, 6.45) is 9.27. The highest BCUT2D eigenvalue weighted by Crippen LogP contribution is 2.45. The second-order valence-corrected chi connectivity index (χ2v) is 20.0. The van der Waals surface area contributed by atoms with Gasteiger partial charge in [-0.15, -0.1) is 0 Å². The van der Waals surface area contributed by atoms with Gasteiger partial charge in [0.05, 0.1) is 75.9 Å². The molecule has 1 unspecified atom stereocenters. The maximum Gasteiger partial charge on any atom is 0.317 e. The van der Waals surface area contributed by atoms with Gasteiger partial charge >= 0.3 is 17.9 Å². The molecule has 69 heavy (non-hydrogen) atoms. The molecule has 0 bridgehead atoms. The number of carbonyl (C=O) groups is 4. The van der Waals surface area contributed by atoms with Crippen molar-refractivity contribution in [2.45, 2.75) is 56.0 Å².